The lowest BCUT2D eigenvalue weighted by Gasteiger charge is -2.30. The Kier molecular flexibility index (Phi) is 4.32. The molecule has 0 aliphatic carbocycles. The second-order valence-electron chi connectivity index (χ2n) is 6.58. The van der Waals surface area contributed by atoms with Crippen molar-refractivity contribution >= 4 is 0 Å². The fourth-order valence-electron chi connectivity index (χ4n) is 3.51. The highest BCUT2D eigenvalue weighted by Gasteiger charge is 2.25. The number of benzene rings is 1. The van der Waals surface area contributed by atoms with E-state index in [1.807, 2.05) is 12.1 Å². The van der Waals surface area contributed by atoms with Gasteiger partial charge < -0.3 is 4.98 Å². The Hall–Kier alpha value is -2.53. The lowest BCUT2D eigenvalue weighted by Crippen LogP contribution is -2.30. The van der Waals surface area contributed by atoms with Crippen LogP contribution in [0.2, 0.25) is 0 Å². The molecule has 0 spiro atoms. The fourth-order valence-corrected chi connectivity index (χ4v) is 3.51. The van der Waals surface area contributed by atoms with Crippen LogP contribution in [0.5, 0.6) is 0 Å². The number of H-pyrrole nitrogens is 1. The van der Waals surface area contributed by atoms with Crippen LogP contribution in [0.1, 0.15) is 31.1 Å². The van der Waals surface area contributed by atoms with Gasteiger partial charge in [-0.25, -0.2) is 9.37 Å². The molecule has 0 saturated carbocycles. The van der Waals surface area contributed by atoms with E-state index < -0.39 is 0 Å². The molecule has 1 aliphatic heterocycles. The van der Waals surface area contributed by atoms with Crippen molar-refractivity contribution in [1.29, 1.82) is 0 Å². The van der Waals surface area contributed by atoms with E-state index in [-0.39, 0.29) is 5.82 Å². The van der Waals surface area contributed by atoms with Gasteiger partial charge in [-0.15, -0.1) is 0 Å². The minimum Gasteiger partial charge on any atom is -0.340 e. The molecule has 1 atom stereocenters. The average molecular weight is 336 g/mol. The third-order valence-corrected chi connectivity index (χ3v) is 4.89. The van der Waals surface area contributed by atoms with Crippen LogP contribution in [0, 0.1) is 5.82 Å². The van der Waals surface area contributed by atoms with E-state index in [9.17, 15) is 4.39 Å². The Bertz CT molecular complexity index is 842. The molecule has 0 bridgehead atoms. The Morgan fingerprint density at radius 2 is 1.80 bits per heavy atom. The first-order valence-electron chi connectivity index (χ1n) is 8.69. The zero-order chi connectivity index (χ0) is 17.2. The van der Waals surface area contributed by atoms with Crippen LogP contribution in [0.25, 0.3) is 22.5 Å². The summed E-state index contributed by atoms with van der Waals surface area (Å²) in [6.45, 7) is 1.09. The van der Waals surface area contributed by atoms with E-state index >= 15 is 0 Å². The normalized spacial score (nSPS) is 18.4. The molecule has 4 rings (SSSR count). The summed E-state index contributed by atoms with van der Waals surface area (Å²) in [5.41, 5.74) is 3.77. The first kappa shape index (κ1) is 16.0. The van der Waals surface area contributed by atoms with E-state index in [1.54, 1.807) is 24.5 Å². The highest BCUT2D eigenvalue weighted by atomic mass is 19.1. The molecule has 1 aromatic carbocycles. The number of hydrogen-bond donors (Lipinski definition) is 1. The largest absolute Gasteiger partial charge is 0.340 e. The Morgan fingerprint density at radius 3 is 2.52 bits per heavy atom. The molecular formula is C20H21FN4. The SMILES string of the molecule is CN1CCCCC1c1nc(-c2ccc(F)cc2)c(-c2ccncc2)[nH]1. The molecule has 1 saturated heterocycles. The molecule has 2 aromatic heterocycles. The zero-order valence-electron chi connectivity index (χ0n) is 14.2. The number of nitrogens with one attached hydrogen (secondary N) is 1. The second-order valence-corrected chi connectivity index (χ2v) is 6.58. The van der Waals surface area contributed by atoms with Gasteiger partial charge in [0.15, 0.2) is 0 Å². The van der Waals surface area contributed by atoms with Crippen molar-refractivity contribution in [3.63, 3.8) is 0 Å². The fraction of sp³-hybridized carbons (Fsp3) is 0.300. The lowest BCUT2D eigenvalue weighted by molar-refractivity contribution is 0.180. The molecule has 25 heavy (non-hydrogen) atoms. The number of hydrogen-bond acceptors (Lipinski definition) is 3. The van der Waals surface area contributed by atoms with Crippen molar-refractivity contribution in [2.75, 3.05) is 13.6 Å². The standard InChI is InChI=1S/C20H21FN4/c1-25-13-3-2-4-17(25)20-23-18(14-5-7-16(21)8-6-14)19(24-20)15-9-11-22-12-10-15/h5-12,17H,2-4,13H2,1H3,(H,23,24). The molecule has 4 nitrogen and oxygen atoms in total. The van der Waals surface area contributed by atoms with E-state index in [0.29, 0.717) is 6.04 Å². The number of halogens is 1. The number of rotatable bonds is 3. The minimum absolute atomic E-state index is 0.239. The summed E-state index contributed by atoms with van der Waals surface area (Å²) < 4.78 is 13.3. The number of piperidine rings is 1. The van der Waals surface area contributed by atoms with Crippen molar-refractivity contribution in [2.45, 2.75) is 25.3 Å². The van der Waals surface area contributed by atoms with Crippen molar-refractivity contribution in [2.24, 2.45) is 0 Å². The Balaban J connectivity index is 1.82. The molecule has 0 amide bonds. The molecule has 128 valence electrons. The number of likely N-dealkylation sites (tertiary alicyclic amines) is 1. The molecule has 1 unspecified atom stereocenters. The lowest BCUT2D eigenvalue weighted by atomic mass is 10.0. The van der Waals surface area contributed by atoms with Crippen LogP contribution in [-0.4, -0.2) is 33.4 Å². The van der Waals surface area contributed by atoms with Crippen molar-refractivity contribution in [3.05, 3.63) is 60.4 Å². The molecular weight excluding hydrogens is 315 g/mol. The quantitative estimate of drug-likeness (QED) is 0.769. The van der Waals surface area contributed by atoms with Crippen LogP contribution in [0.15, 0.2) is 48.8 Å². The van der Waals surface area contributed by atoms with Gasteiger partial charge in [-0.2, -0.15) is 0 Å². The summed E-state index contributed by atoms with van der Waals surface area (Å²) in [6.07, 6.45) is 7.10. The molecule has 1 aliphatic rings. The maximum absolute atomic E-state index is 13.3. The maximum Gasteiger partial charge on any atom is 0.124 e. The smallest absolute Gasteiger partial charge is 0.124 e. The van der Waals surface area contributed by atoms with Gasteiger partial charge in [0, 0.05) is 23.5 Å². The van der Waals surface area contributed by atoms with E-state index in [1.165, 1.54) is 25.0 Å². The molecule has 3 aromatic rings. The predicted octanol–water partition coefficient (Wildman–Crippen LogP) is 4.43. The monoisotopic (exact) mass is 336 g/mol. The predicted molar refractivity (Wildman–Crippen MR) is 96.4 cm³/mol. The summed E-state index contributed by atoms with van der Waals surface area (Å²) >= 11 is 0. The van der Waals surface area contributed by atoms with Crippen molar-refractivity contribution in [1.82, 2.24) is 19.9 Å². The summed E-state index contributed by atoms with van der Waals surface area (Å²) in [7, 11) is 2.15. The van der Waals surface area contributed by atoms with Gasteiger partial charge in [-0.1, -0.05) is 6.42 Å². The maximum atomic E-state index is 13.3. The summed E-state index contributed by atoms with van der Waals surface area (Å²) in [4.78, 5) is 14.9. The van der Waals surface area contributed by atoms with Crippen LogP contribution < -0.4 is 0 Å². The van der Waals surface area contributed by atoms with Gasteiger partial charge >= 0.3 is 0 Å². The number of aromatic nitrogens is 3. The van der Waals surface area contributed by atoms with Crippen molar-refractivity contribution in [3.8, 4) is 22.5 Å². The molecule has 1 fully saturated rings. The van der Waals surface area contributed by atoms with Crippen LogP contribution in [-0.2, 0) is 0 Å². The highest BCUT2D eigenvalue weighted by Crippen LogP contribution is 2.35. The first-order valence-corrected chi connectivity index (χ1v) is 8.69. The van der Waals surface area contributed by atoms with Gasteiger partial charge in [0.25, 0.3) is 0 Å². The van der Waals surface area contributed by atoms with E-state index in [4.69, 9.17) is 4.98 Å². The van der Waals surface area contributed by atoms with Gasteiger partial charge in [-0.05, 0) is 62.8 Å². The van der Waals surface area contributed by atoms with Gasteiger partial charge in [0.1, 0.15) is 11.6 Å². The van der Waals surface area contributed by atoms with E-state index in [2.05, 4.69) is 21.9 Å². The van der Waals surface area contributed by atoms with Crippen molar-refractivity contribution < 1.29 is 4.39 Å². The first-order chi connectivity index (χ1) is 12.2. The molecule has 1 N–H and O–H groups in total. The molecule has 5 heteroatoms. The molecule has 0 radical (unpaired) electrons. The zero-order valence-corrected chi connectivity index (χ0v) is 14.2. The van der Waals surface area contributed by atoms with Gasteiger partial charge in [0.05, 0.1) is 17.4 Å². The third-order valence-electron chi connectivity index (χ3n) is 4.89. The summed E-state index contributed by atoms with van der Waals surface area (Å²) in [6, 6.07) is 10.8. The van der Waals surface area contributed by atoms with Gasteiger partial charge in [-0.3, -0.25) is 9.88 Å². The third kappa shape index (κ3) is 3.20. The van der Waals surface area contributed by atoms with Crippen LogP contribution in [0.4, 0.5) is 4.39 Å². The minimum atomic E-state index is -0.239. The number of imidazole rings is 1. The highest BCUT2D eigenvalue weighted by molar-refractivity contribution is 5.78. The van der Waals surface area contributed by atoms with Gasteiger partial charge in [0.2, 0.25) is 0 Å². The summed E-state index contributed by atoms with van der Waals surface area (Å²) in [5, 5.41) is 0. The topological polar surface area (TPSA) is 44.8 Å². The van der Waals surface area contributed by atoms with E-state index in [0.717, 1.165) is 41.3 Å². The number of aromatic amines is 1. The Labute approximate surface area is 146 Å². The second kappa shape index (κ2) is 6.76. The number of pyridine rings is 1. The Morgan fingerprint density at radius 1 is 1.04 bits per heavy atom. The van der Waals surface area contributed by atoms with Crippen LogP contribution in [0.3, 0.4) is 0 Å². The number of nitrogens with zero attached hydrogens (tertiary/aromatic N) is 3. The average Bonchev–Trinajstić information content (AvgIpc) is 3.08. The summed E-state index contributed by atoms with van der Waals surface area (Å²) in [5.74, 6) is 0.741. The molecule has 3 heterocycles. The van der Waals surface area contributed by atoms with Crippen LogP contribution >= 0.6 is 0 Å².